The Labute approximate surface area is 150 Å². The maximum absolute atomic E-state index is 12.2. The number of aryl methyl sites for hydroxylation is 2. The third kappa shape index (κ3) is 5.82. The van der Waals surface area contributed by atoms with Gasteiger partial charge in [0.2, 0.25) is 0 Å². The molecule has 0 radical (unpaired) electrons. The van der Waals surface area contributed by atoms with Crippen LogP contribution in [-0.4, -0.2) is 37.6 Å². The number of benzene rings is 2. The number of hydrogen-bond acceptors (Lipinski definition) is 3. The van der Waals surface area contributed by atoms with Crippen molar-refractivity contribution in [2.24, 2.45) is 0 Å². The van der Waals surface area contributed by atoms with Gasteiger partial charge in [-0.15, -0.1) is 0 Å². The van der Waals surface area contributed by atoms with Crippen molar-refractivity contribution in [1.82, 2.24) is 4.90 Å². The number of ether oxygens (including phenoxy) is 2. The van der Waals surface area contributed by atoms with E-state index in [2.05, 4.69) is 19.9 Å². The van der Waals surface area contributed by atoms with E-state index in [0.717, 1.165) is 12.2 Å². The lowest BCUT2D eigenvalue weighted by atomic mass is 10.1. The van der Waals surface area contributed by atoms with Crippen molar-refractivity contribution in [2.45, 2.75) is 27.2 Å². The molecule has 0 N–H and O–H groups in total. The van der Waals surface area contributed by atoms with Crippen molar-refractivity contribution in [2.75, 3.05) is 26.8 Å². The van der Waals surface area contributed by atoms with E-state index in [1.54, 1.807) is 18.0 Å². The molecule has 0 aliphatic heterocycles. The average molecular weight is 341 g/mol. The zero-order chi connectivity index (χ0) is 18.2. The topological polar surface area (TPSA) is 38.8 Å². The van der Waals surface area contributed by atoms with Gasteiger partial charge < -0.3 is 14.4 Å². The first-order valence-electron chi connectivity index (χ1n) is 8.69. The van der Waals surface area contributed by atoms with E-state index in [1.807, 2.05) is 37.3 Å². The summed E-state index contributed by atoms with van der Waals surface area (Å²) in [6.07, 6.45) is 0.778. The molecule has 0 spiro atoms. The third-order valence-corrected chi connectivity index (χ3v) is 3.92. The van der Waals surface area contributed by atoms with E-state index >= 15 is 0 Å². The maximum atomic E-state index is 12.2. The Bertz CT molecular complexity index is 692. The van der Waals surface area contributed by atoms with Crippen LogP contribution in [0.5, 0.6) is 11.5 Å². The van der Waals surface area contributed by atoms with Gasteiger partial charge in [0, 0.05) is 25.6 Å². The Hall–Kier alpha value is -2.49. The highest BCUT2D eigenvalue weighted by Crippen LogP contribution is 2.17. The van der Waals surface area contributed by atoms with Gasteiger partial charge in [-0.3, -0.25) is 4.79 Å². The predicted molar refractivity (Wildman–Crippen MR) is 101 cm³/mol. The molecule has 2 rings (SSSR count). The molecular formula is C21H27NO3. The quantitative estimate of drug-likeness (QED) is 0.674. The molecule has 0 heterocycles. The molecule has 4 nitrogen and oxygen atoms in total. The summed E-state index contributed by atoms with van der Waals surface area (Å²) in [5, 5.41) is 0. The minimum atomic E-state index is 0.00565. The van der Waals surface area contributed by atoms with Crippen molar-refractivity contribution in [1.29, 1.82) is 0 Å². The lowest BCUT2D eigenvalue weighted by Gasteiger charge is -2.15. The molecule has 0 bridgehead atoms. The molecule has 4 heteroatoms. The van der Waals surface area contributed by atoms with Gasteiger partial charge in [0.25, 0.3) is 5.91 Å². The summed E-state index contributed by atoms with van der Waals surface area (Å²) in [7, 11) is 1.79. The smallest absolute Gasteiger partial charge is 0.253 e. The molecule has 0 saturated heterocycles. The summed E-state index contributed by atoms with van der Waals surface area (Å²) >= 11 is 0. The van der Waals surface area contributed by atoms with Gasteiger partial charge in [0.1, 0.15) is 11.5 Å². The van der Waals surface area contributed by atoms with Gasteiger partial charge in [-0.1, -0.05) is 12.1 Å². The van der Waals surface area contributed by atoms with Crippen LogP contribution < -0.4 is 9.47 Å². The predicted octanol–water partition coefficient (Wildman–Crippen LogP) is 4.24. The van der Waals surface area contributed by atoms with Crippen LogP contribution in [0.1, 0.15) is 34.8 Å². The van der Waals surface area contributed by atoms with E-state index in [4.69, 9.17) is 9.47 Å². The standard InChI is InChI=1S/C21H27NO3/c1-5-22(4)21(23)18-8-6-9-19(15-18)24-10-7-11-25-20-13-16(2)12-17(3)14-20/h6,8-9,12-15H,5,7,10-11H2,1-4H3. The zero-order valence-corrected chi connectivity index (χ0v) is 15.5. The van der Waals surface area contributed by atoms with E-state index < -0.39 is 0 Å². The number of nitrogens with zero attached hydrogens (tertiary/aromatic N) is 1. The maximum Gasteiger partial charge on any atom is 0.253 e. The van der Waals surface area contributed by atoms with Gasteiger partial charge >= 0.3 is 0 Å². The van der Waals surface area contributed by atoms with E-state index in [1.165, 1.54) is 11.1 Å². The zero-order valence-electron chi connectivity index (χ0n) is 15.5. The van der Waals surface area contributed by atoms with Crippen molar-refractivity contribution in [3.63, 3.8) is 0 Å². The van der Waals surface area contributed by atoms with Crippen LogP contribution in [0.15, 0.2) is 42.5 Å². The van der Waals surface area contributed by atoms with Gasteiger partial charge in [-0.2, -0.15) is 0 Å². The second-order valence-corrected chi connectivity index (χ2v) is 6.22. The molecule has 1 amide bonds. The summed E-state index contributed by atoms with van der Waals surface area (Å²) in [4.78, 5) is 13.8. The molecule has 2 aromatic rings. The number of rotatable bonds is 8. The van der Waals surface area contributed by atoms with E-state index in [9.17, 15) is 4.79 Å². The molecule has 0 fully saturated rings. The van der Waals surface area contributed by atoms with Crippen molar-refractivity contribution in [3.05, 3.63) is 59.2 Å². The Balaban J connectivity index is 1.79. The molecule has 0 saturated carbocycles. The molecule has 0 aliphatic carbocycles. The Morgan fingerprint density at radius 3 is 2.24 bits per heavy atom. The SMILES string of the molecule is CCN(C)C(=O)c1cccc(OCCCOc2cc(C)cc(C)c2)c1. The largest absolute Gasteiger partial charge is 0.493 e. The van der Waals surface area contributed by atoms with Gasteiger partial charge in [-0.25, -0.2) is 0 Å². The Kier molecular flexibility index (Phi) is 6.87. The fourth-order valence-corrected chi connectivity index (χ4v) is 2.54. The van der Waals surface area contributed by atoms with Crippen LogP contribution in [0.25, 0.3) is 0 Å². The fraction of sp³-hybridized carbons (Fsp3) is 0.381. The van der Waals surface area contributed by atoms with E-state index in [-0.39, 0.29) is 5.91 Å². The van der Waals surface area contributed by atoms with E-state index in [0.29, 0.717) is 31.1 Å². The van der Waals surface area contributed by atoms with Gasteiger partial charge in [0.05, 0.1) is 13.2 Å². The van der Waals surface area contributed by atoms with Crippen molar-refractivity contribution >= 4 is 5.91 Å². The average Bonchev–Trinajstić information content (AvgIpc) is 2.59. The Morgan fingerprint density at radius 1 is 0.960 bits per heavy atom. The summed E-state index contributed by atoms with van der Waals surface area (Å²) in [6, 6.07) is 13.5. The first-order chi connectivity index (χ1) is 12.0. The van der Waals surface area contributed by atoms with Gasteiger partial charge in [-0.05, 0) is 62.2 Å². The Morgan fingerprint density at radius 2 is 1.60 bits per heavy atom. The van der Waals surface area contributed by atoms with Crippen LogP contribution in [0.3, 0.4) is 0 Å². The van der Waals surface area contributed by atoms with Crippen molar-refractivity contribution in [3.8, 4) is 11.5 Å². The highest BCUT2D eigenvalue weighted by molar-refractivity contribution is 5.94. The van der Waals surface area contributed by atoms with Crippen LogP contribution in [0.2, 0.25) is 0 Å². The van der Waals surface area contributed by atoms with Crippen LogP contribution in [0, 0.1) is 13.8 Å². The third-order valence-electron chi connectivity index (χ3n) is 3.92. The van der Waals surface area contributed by atoms with Crippen LogP contribution in [0.4, 0.5) is 0 Å². The monoisotopic (exact) mass is 341 g/mol. The highest BCUT2D eigenvalue weighted by atomic mass is 16.5. The van der Waals surface area contributed by atoms with Crippen molar-refractivity contribution < 1.29 is 14.3 Å². The molecule has 0 aliphatic rings. The molecule has 2 aromatic carbocycles. The lowest BCUT2D eigenvalue weighted by molar-refractivity contribution is 0.0802. The molecule has 25 heavy (non-hydrogen) atoms. The molecule has 0 aromatic heterocycles. The molecular weight excluding hydrogens is 314 g/mol. The summed E-state index contributed by atoms with van der Waals surface area (Å²) in [6.45, 7) is 7.90. The minimum absolute atomic E-state index is 0.00565. The summed E-state index contributed by atoms with van der Waals surface area (Å²) in [5.41, 5.74) is 3.04. The summed E-state index contributed by atoms with van der Waals surface area (Å²) in [5.74, 6) is 1.61. The van der Waals surface area contributed by atoms with Crippen LogP contribution >= 0.6 is 0 Å². The number of carbonyl (C=O) groups is 1. The second-order valence-electron chi connectivity index (χ2n) is 6.22. The van der Waals surface area contributed by atoms with Gasteiger partial charge in [0.15, 0.2) is 0 Å². The molecule has 134 valence electrons. The summed E-state index contributed by atoms with van der Waals surface area (Å²) < 4.78 is 11.5. The normalized spacial score (nSPS) is 10.4. The minimum Gasteiger partial charge on any atom is -0.493 e. The number of carbonyl (C=O) groups excluding carboxylic acids is 1. The highest BCUT2D eigenvalue weighted by Gasteiger charge is 2.10. The fourth-order valence-electron chi connectivity index (χ4n) is 2.54. The lowest BCUT2D eigenvalue weighted by Crippen LogP contribution is -2.26. The molecule has 0 unspecified atom stereocenters. The first kappa shape index (κ1) is 18.8. The second kappa shape index (κ2) is 9.11. The number of hydrogen-bond donors (Lipinski definition) is 0. The first-order valence-corrected chi connectivity index (χ1v) is 8.69. The number of amides is 1. The molecule has 0 atom stereocenters. The van der Waals surface area contributed by atoms with Crippen LogP contribution in [-0.2, 0) is 0 Å².